The first-order valence-corrected chi connectivity index (χ1v) is 2.81. The molecule has 1 atom stereocenters. The highest BCUT2D eigenvalue weighted by Crippen LogP contribution is 2.22. The van der Waals surface area contributed by atoms with Crippen LogP contribution in [0.1, 0.15) is 6.92 Å². The van der Waals surface area contributed by atoms with Gasteiger partial charge in [-0.1, -0.05) is 11.6 Å². The van der Waals surface area contributed by atoms with Gasteiger partial charge in [0.15, 0.2) is 0 Å². The summed E-state index contributed by atoms with van der Waals surface area (Å²) in [4.78, 5) is 10.4. The Morgan fingerprint density at radius 2 is 2.33 bits per heavy atom. The highest BCUT2D eigenvalue weighted by molar-refractivity contribution is 6.23. The van der Waals surface area contributed by atoms with Crippen molar-refractivity contribution in [3.05, 3.63) is 11.3 Å². The summed E-state index contributed by atoms with van der Waals surface area (Å²) in [6, 6.07) is 0. The summed E-state index contributed by atoms with van der Waals surface area (Å²) in [5.41, 5.74) is -0.404. The number of carbonyl (C=O) groups excluding carboxylic acids is 1. The van der Waals surface area contributed by atoms with Gasteiger partial charge in [-0.25, -0.2) is 4.79 Å². The molecule has 0 saturated carbocycles. The lowest BCUT2D eigenvalue weighted by molar-refractivity contribution is -0.139. The molecule has 0 spiro atoms. The maximum atomic E-state index is 10.4. The van der Waals surface area contributed by atoms with Gasteiger partial charge in [-0.2, -0.15) is 0 Å². The Morgan fingerprint density at radius 3 is 2.44 bits per heavy atom. The second kappa shape index (κ2) is 1.92. The number of aliphatic hydroxyl groups excluding tert-OH is 1. The van der Waals surface area contributed by atoms with Crippen molar-refractivity contribution in [2.45, 2.75) is 12.5 Å². The molecule has 0 saturated heterocycles. The first-order valence-electron chi connectivity index (χ1n) is 2.37. The zero-order valence-corrected chi connectivity index (χ0v) is 5.47. The molecule has 0 aromatic heterocycles. The van der Waals surface area contributed by atoms with Crippen LogP contribution in [0.3, 0.4) is 0 Å². The average Bonchev–Trinajstić information content (AvgIpc) is 1.98. The van der Waals surface area contributed by atoms with Crippen molar-refractivity contribution in [3.8, 4) is 0 Å². The fourth-order valence-electron chi connectivity index (χ4n) is 0.507. The van der Waals surface area contributed by atoms with E-state index in [0.29, 0.717) is 5.57 Å². The molecule has 0 radical (unpaired) electrons. The van der Waals surface area contributed by atoms with Crippen LogP contribution in [0.5, 0.6) is 0 Å². The predicted octanol–water partition coefficient (Wildman–Crippen LogP) is 0.940. The first-order chi connectivity index (χ1) is 4.13. The van der Waals surface area contributed by atoms with Crippen LogP contribution in [0, 0.1) is 0 Å². The van der Waals surface area contributed by atoms with Crippen molar-refractivity contribution >= 4 is 17.6 Å². The number of carbonyl (C=O) groups is 1. The maximum absolute atomic E-state index is 10.4. The van der Waals surface area contributed by atoms with E-state index in [1.165, 1.54) is 6.92 Å². The summed E-state index contributed by atoms with van der Waals surface area (Å²) in [5, 5.41) is 8.76. The summed E-state index contributed by atoms with van der Waals surface area (Å²) >= 11 is 5.39. The molecule has 9 heavy (non-hydrogen) atoms. The Hall–Kier alpha value is -0.700. The molecule has 0 aliphatic carbocycles. The van der Waals surface area contributed by atoms with Crippen LogP contribution in [-0.4, -0.2) is 16.6 Å². The summed E-state index contributed by atoms with van der Waals surface area (Å²) in [7, 11) is 0. The minimum absolute atomic E-state index is 0.366. The average molecular weight is 149 g/mol. The van der Waals surface area contributed by atoms with E-state index in [1.54, 1.807) is 0 Å². The standard InChI is InChI=1S/C5H5ClO3/c1-2-3(7)5(8)9-4(2)6/h4,7H,1H3. The molecule has 1 heterocycles. The Labute approximate surface area is 56.9 Å². The minimum Gasteiger partial charge on any atom is -0.502 e. The van der Waals surface area contributed by atoms with Gasteiger partial charge in [-0.3, -0.25) is 0 Å². The largest absolute Gasteiger partial charge is 0.502 e. The van der Waals surface area contributed by atoms with Crippen molar-refractivity contribution in [1.82, 2.24) is 0 Å². The summed E-state index contributed by atoms with van der Waals surface area (Å²) in [6.45, 7) is 1.54. The third-order valence-electron chi connectivity index (χ3n) is 1.12. The number of cyclic esters (lactones) is 1. The van der Waals surface area contributed by atoms with Crippen LogP contribution in [0.25, 0.3) is 0 Å². The van der Waals surface area contributed by atoms with Gasteiger partial charge in [0.2, 0.25) is 11.3 Å². The molecule has 4 heteroatoms. The van der Waals surface area contributed by atoms with Gasteiger partial charge in [0.05, 0.1) is 0 Å². The van der Waals surface area contributed by atoms with E-state index in [1.807, 2.05) is 0 Å². The third kappa shape index (κ3) is 0.876. The fourth-order valence-corrected chi connectivity index (χ4v) is 0.691. The minimum atomic E-state index is -0.780. The second-order valence-corrected chi connectivity index (χ2v) is 2.15. The molecule has 0 aromatic rings. The van der Waals surface area contributed by atoms with E-state index in [4.69, 9.17) is 16.7 Å². The smallest absolute Gasteiger partial charge is 0.375 e. The molecule has 1 aliphatic rings. The van der Waals surface area contributed by atoms with Gasteiger partial charge in [0, 0.05) is 5.57 Å². The van der Waals surface area contributed by atoms with Crippen LogP contribution in [0.4, 0.5) is 0 Å². The number of halogens is 1. The van der Waals surface area contributed by atoms with Crippen LogP contribution >= 0.6 is 11.6 Å². The van der Waals surface area contributed by atoms with Crippen LogP contribution in [0.15, 0.2) is 11.3 Å². The van der Waals surface area contributed by atoms with Crippen molar-refractivity contribution in [2.24, 2.45) is 0 Å². The number of alkyl halides is 1. The molecule has 1 aliphatic heterocycles. The molecule has 1 N–H and O–H groups in total. The number of hydrogen-bond donors (Lipinski definition) is 1. The lowest BCUT2D eigenvalue weighted by Gasteiger charge is -1.96. The van der Waals surface area contributed by atoms with E-state index in [2.05, 4.69) is 4.74 Å². The van der Waals surface area contributed by atoms with Crippen molar-refractivity contribution in [3.63, 3.8) is 0 Å². The molecule has 0 fully saturated rings. The Morgan fingerprint density at radius 1 is 1.78 bits per heavy atom. The van der Waals surface area contributed by atoms with Crippen LogP contribution in [-0.2, 0) is 9.53 Å². The molecule has 1 unspecified atom stereocenters. The zero-order valence-electron chi connectivity index (χ0n) is 4.72. The Kier molecular flexibility index (Phi) is 1.37. The van der Waals surface area contributed by atoms with E-state index in [-0.39, 0.29) is 5.76 Å². The topological polar surface area (TPSA) is 46.5 Å². The molecule has 50 valence electrons. The summed E-state index contributed by atoms with van der Waals surface area (Å²) in [5.74, 6) is -1.11. The molecule has 1 rings (SSSR count). The normalized spacial score (nSPS) is 26.9. The quantitative estimate of drug-likeness (QED) is 0.411. The van der Waals surface area contributed by atoms with Crippen molar-refractivity contribution < 1.29 is 14.6 Å². The zero-order chi connectivity index (χ0) is 7.02. The highest BCUT2D eigenvalue weighted by Gasteiger charge is 2.28. The van der Waals surface area contributed by atoms with Crippen molar-refractivity contribution in [1.29, 1.82) is 0 Å². The molecule has 0 bridgehead atoms. The maximum Gasteiger partial charge on any atom is 0.375 e. The monoisotopic (exact) mass is 148 g/mol. The van der Waals surface area contributed by atoms with Crippen molar-refractivity contribution in [2.75, 3.05) is 0 Å². The molecule has 0 aromatic carbocycles. The second-order valence-electron chi connectivity index (χ2n) is 1.75. The van der Waals surface area contributed by atoms with Gasteiger partial charge >= 0.3 is 5.97 Å². The highest BCUT2D eigenvalue weighted by atomic mass is 35.5. The predicted molar refractivity (Wildman–Crippen MR) is 31.1 cm³/mol. The molecular formula is C5H5ClO3. The lowest BCUT2D eigenvalue weighted by atomic mass is 10.3. The van der Waals surface area contributed by atoms with E-state index >= 15 is 0 Å². The number of hydrogen-bond acceptors (Lipinski definition) is 3. The SMILES string of the molecule is CC1=C(O)C(=O)OC1Cl. The Balaban J connectivity index is 2.92. The molecular weight excluding hydrogens is 144 g/mol. The number of aliphatic hydroxyl groups is 1. The summed E-state index contributed by atoms with van der Waals surface area (Å²) < 4.78 is 4.39. The van der Waals surface area contributed by atoms with E-state index < -0.39 is 11.5 Å². The lowest BCUT2D eigenvalue weighted by Crippen LogP contribution is -2.01. The van der Waals surface area contributed by atoms with Crippen LogP contribution in [0.2, 0.25) is 0 Å². The van der Waals surface area contributed by atoms with Gasteiger partial charge in [-0.05, 0) is 6.92 Å². The van der Waals surface area contributed by atoms with Gasteiger partial charge < -0.3 is 9.84 Å². The molecule has 3 nitrogen and oxygen atoms in total. The Bertz CT molecular complexity index is 185. The number of rotatable bonds is 0. The van der Waals surface area contributed by atoms with Gasteiger partial charge in [-0.15, -0.1) is 0 Å². The van der Waals surface area contributed by atoms with E-state index in [9.17, 15) is 4.79 Å². The molecule has 0 amide bonds. The van der Waals surface area contributed by atoms with Gasteiger partial charge in [0.1, 0.15) is 0 Å². The third-order valence-corrected chi connectivity index (χ3v) is 1.53. The van der Waals surface area contributed by atoms with E-state index in [0.717, 1.165) is 0 Å². The fraction of sp³-hybridized carbons (Fsp3) is 0.400. The summed E-state index contributed by atoms with van der Waals surface area (Å²) in [6.07, 6.45) is 0. The number of ether oxygens (including phenoxy) is 1. The number of esters is 1. The van der Waals surface area contributed by atoms with Crippen LogP contribution < -0.4 is 0 Å². The first kappa shape index (κ1) is 6.42. The van der Waals surface area contributed by atoms with Gasteiger partial charge in [0.25, 0.3) is 0 Å².